The number of hydrogen-bond donors (Lipinski definition) is 1. The van der Waals surface area contributed by atoms with Gasteiger partial charge in [-0.3, -0.25) is 0 Å². The third-order valence-electron chi connectivity index (χ3n) is 5.41. The third kappa shape index (κ3) is 3.93. The van der Waals surface area contributed by atoms with Gasteiger partial charge in [-0.15, -0.1) is 0 Å². The van der Waals surface area contributed by atoms with Crippen molar-refractivity contribution in [3.05, 3.63) is 57.6 Å². The van der Waals surface area contributed by atoms with Crippen LogP contribution in [0.4, 0.5) is 0 Å². The van der Waals surface area contributed by atoms with E-state index in [2.05, 4.69) is 86.6 Å². The number of fused-ring (bicyclic) bond motifs is 2. The van der Waals surface area contributed by atoms with E-state index in [4.69, 9.17) is 9.05 Å². The molecule has 2 aromatic rings. The monoisotopic (exact) mass is 400 g/mol. The molecule has 0 aromatic heterocycles. The maximum Gasteiger partial charge on any atom is 0.460 e. The number of rotatable bonds is 0. The Hall–Kier alpha value is -1.57. The fraction of sp³-hybridized carbons (Fsp3) is 0.500. The van der Waals surface area contributed by atoms with Gasteiger partial charge in [-0.25, -0.2) is 0 Å². The minimum absolute atomic E-state index is 0.0932. The van der Waals surface area contributed by atoms with E-state index >= 15 is 0 Å². The second kappa shape index (κ2) is 7.04. The molecule has 2 aromatic carbocycles. The van der Waals surface area contributed by atoms with E-state index in [0.717, 1.165) is 33.8 Å². The van der Waals surface area contributed by atoms with Crippen LogP contribution in [-0.2, 0) is 10.8 Å². The third-order valence-corrected chi connectivity index (χ3v) is 6.09. The molecule has 1 aliphatic heterocycles. The number of hydrogen-bond acceptors (Lipinski definition) is 3. The summed E-state index contributed by atoms with van der Waals surface area (Å²) in [5.74, 6) is 1.63. The Labute approximate surface area is 171 Å². The average Bonchev–Trinajstić information content (AvgIpc) is 2.53. The Bertz CT molecular complexity index is 830. The van der Waals surface area contributed by atoms with Gasteiger partial charge in [-0.05, 0) is 24.7 Å². The molecule has 0 fully saturated rings. The fourth-order valence-electron chi connectivity index (χ4n) is 3.91. The van der Waals surface area contributed by atoms with Gasteiger partial charge in [0, 0.05) is 28.2 Å². The molecule has 3 nitrogen and oxygen atoms in total. The highest BCUT2D eigenvalue weighted by molar-refractivity contribution is 7.41. The zero-order chi connectivity index (χ0) is 21.0. The van der Waals surface area contributed by atoms with Gasteiger partial charge >= 0.3 is 8.60 Å². The van der Waals surface area contributed by atoms with E-state index in [1.165, 1.54) is 11.1 Å². The molecule has 1 heterocycles. The van der Waals surface area contributed by atoms with Gasteiger partial charge < -0.3 is 13.9 Å². The maximum atomic E-state index is 10.7. The molecule has 0 spiro atoms. The lowest BCUT2D eigenvalue weighted by molar-refractivity contribution is 0.361. The van der Waals surface area contributed by atoms with Crippen LogP contribution >= 0.6 is 8.60 Å². The normalized spacial score (nSPS) is 19.6. The first kappa shape index (κ1) is 21.1. The maximum absolute atomic E-state index is 10.7. The highest BCUT2D eigenvalue weighted by Gasteiger charge is 2.34. The van der Waals surface area contributed by atoms with Crippen molar-refractivity contribution in [2.75, 3.05) is 0 Å². The lowest BCUT2D eigenvalue weighted by atomic mass is 9.79. The summed E-state index contributed by atoms with van der Waals surface area (Å²) in [6.07, 6.45) is 0. The molecule has 3 rings (SSSR count). The quantitative estimate of drug-likeness (QED) is 0.482. The van der Waals surface area contributed by atoms with Crippen molar-refractivity contribution < 1.29 is 13.9 Å². The smallest absolute Gasteiger partial charge is 0.417 e. The predicted molar refractivity (Wildman–Crippen MR) is 118 cm³/mol. The zero-order valence-corrected chi connectivity index (χ0v) is 19.5. The minimum Gasteiger partial charge on any atom is -0.417 e. The van der Waals surface area contributed by atoms with E-state index in [9.17, 15) is 4.89 Å². The van der Waals surface area contributed by atoms with Crippen molar-refractivity contribution in [1.82, 2.24) is 0 Å². The van der Waals surface area contributed by atoms with E-state index < -0.39 is 8.60 Å². The van der Waals surface area contributed by atoms with Crippen LogP contribution in [0.1, 0.15) is 87.8 Å². The molecule has 152 valence electrons. The van der Waals surface area contributed by atoms with Gasteiger partial charge in [0.25, 0.3) is 0 Å². The van der Waals surface area contributed by atoms with Crippen LogP contribution in [0.15, 0.2) is 24.3 Å². The Morgan fingerprint density at radius 2 is 1.11 bits per heavy atom. The fourth-order valence-corrected chi connectivity index (χ4v) is 4.66. The molecule has 0 atom stereocenters. The van der Waals surface area contributed by atoms with Crippen molar-refractivity contribution in [3.63, 3.8) is 0 Å². The number of aryl methyl sites for hydroxylation is 2. The summed E-state index contributed by atoms with van der Waals surface area (Å²) in [7, 11) is -2.07. The first-order chi connectivity index (χ1) is 12.8. The molecule has 4 heteroatoms. The van der Waals surface area contributed by atoms with Gasteiger partial charge in [0.2, 0.25) is 0 Å². The second-order valence-corrected chi connectivity index (χ2v) is 10.9. The summed E-state index contributed by atoms with van der Waals surface area (Å²) >= 11 is 0. The van der Waals surface area contributed by atoms with E-state index in [1.807, 2.05) is 0 Å². The Morgan fingerprint density at radius 3 is 1.43 bits per heavy atom. The van der Waals surface area contributed by atoms with Crippen LogP contribution in [0, 0.1) is 13.8 Å². The molecule has 0 amide bonds. The van der Waals surface area contributed by atoms with Crippen LogP contribution < -0.4 is 9.05 Å². The standard InChI is InChI=1S/C24H33O3P/c1-14-10-17-16(3)18-11-15(2)13-20(24(7,8)9)22(18)27-28(25)26-21(17)19(12-14)23(4,5)6/h10-13,16,25H,1-9H3. The molecule has 0 saturated carbocycles. The summed E-state index contributed by atoms with van der Waals surface area (Å²) in [6, 6.07) is 8.70. The van der Waals surface area contributed by atoms with Crippen LogP contribution in [0.5, 0.6) is 11.5 Å². The average molecular weight is 400 g/mol. The second-order valence-electron chi connectivity index (χ2n) is 10.1. The Kier molecular flexibility index (Phi) is 5.32. The molecule has 0 bridgehead atoms. The summed E-state index contributed by atoms with van der Waals surface area (Å²) < 4.78 is 12.1. The zero-order valence-electron chi connectivity index (χ0n) is 18.6. The summed E-state index contributed by atoms with van der Waals surface area (Å²) in [4.78, 5) is 10.7. The van der Waals surface area contributed by atoms with E-state index in [0.29, 0.717) is 0 Å². The summed E-state index contributed by atoms with van der Waals surface area (Å²) in [6.45, 7) is 19.5. The van der Waals surface area contributed by atoms with Crippen molar-refractivity contribution in [2.24, 2.45) is 0 Å². The van der Waals surface area contributed by atoms with Gasteiger partial charge in [0.05, 0.1) is 0 Å². The Morgan fingerprint density at radius 1 is 0.750 bits per heavy atom. The molecule has 28 heavy (non-hydrogen) atoms. The van der Waals surface area contributed by atoms with Crippen molar-refractivity contribution in [3.8, 4) is 11.5 Å². The molecular weight excluding hydrogens is 367 g/mol. The first-order valence-corrected chi connectivity index (χ1v) is 11.1. The van der Waals surface area contributed by atoms with Gasteiger partial charge in [-0.2, -0.15) is 0 Å². The Balaban J connectivity index is 2.34. The lowest BCUT2D eigenvalue weighted by Crippen LogP contribution is -2.19. The minimum atomic E-state index is -2.07. The molecule has 1 N–H and O–H groups in total. The molecule has 0 radical (unpaired) electrons. The highest BCUT2D eigenvalue weighted by Crippen LogP contribution is 2.53. The van der Waals surface area contributed by atoms with Gasteiger partial charge in [0.15, 0.2) is 0 Å². The largest absolute Gasteiger partial charge is 0.460 e. The van der Waals surface area contributed by atoms with Crippen LogP contribution in [-0.4, -0.2) is 4.89 Å². The molecule has 0 unspecified atom stereocenters. The van der Waals surface area contributed by atoms with E-state index in [1.54, 1.807) is 0 Å². The van der Waals surface area contributed by atoms with Crippen LogP contribution in [0.25, 0.3) is 0 Å². The van der Waals surface area contributed by atoms with Crippen LogP contribution in [0.3, 0.4) is 0 Å². The van der Waals surface area contributed by atoms with Gasteiger partial charge in [-0.1, -0.05) is 83.9 Å². The van der Waals surface area contributed by atoms with Crippen molar-refractivity contribution >= 4 is 8.60 Å². The first-order valence-electron chi connectivity index (χ1n) is 9.94. The molecule has 0 saturated heterocycles. The molecule has 0 aliphatic carbocycles. The van der Waals surface area contributed by atoms with Crippen molar-refractivity contribution in [2.45, 2.75) is 79.1 Å². The SMILES string of the molecule is Cc1cc2c(c(C(C)(C)C)c1)OP(O)Oc1c(cc(C)cc1C(C)(C)C)C2C. The van der Waals surface area contributed by atoms with Crippen molar-refractivity contribution in [1.29, 1.82) is 0 Å². The topological polar surface area (TPSA) is 38.7 Å². The van der Waals surface area contributed by atoms with E-state index in [-0.39, 0.29) is 16.7 Å². The molecular formula is C24H33O3P. The summed E-state index contributed by atoms with van der Waals surface area (Å²) in [5.41, 5.74) is 6.64. The predicted octanol–water partition coefficient (Wildman–Crippen LogP) is 7.04. The molecule has 1 aliphatic rings. The van der Waals surface area contributed by atoms with Crippen LogP contribution in [0.2, 0.25) is 0 Å². The number of benzene rings is 2. The highest BCUT2D eigenvalue weighted by atomic mass is 31.2. The van der Waals surface area contributed by atoms with Gasteiger partial charge in [0.1, 0.15) is 11.5 Å². The summed E-state index contributed by atoms with van der Waals surface area (Å²) in [5, 5.41) is 0. The lowest BCUT2D eigenvalue weighted by Gasteiger charge is -2.33.